The van der Waals surface area contributed by atoms with Gasteiger partial charge in [-0.3, -0.25) is 9.98 Å². The molecule has 0 amide bonds. The van der Waals surface area contributed by atoms with Crippen molar-refractivity contribution in [3.63, 3.8) is 0 Å². The maximum atomic E-state index is 8.61. The van der Waals surface area contributed by atoms with Crippen LogP contribution in [0.3, 0.4) is 0 Å². The number of aromatic nitrogens is 5. The number of hydrogen-bond donors (Lipinski definition) is 1. The quantitative estimate of drug-likeness (QED) is 0.404. The van der Waals surface area contributed by atoms with E-state index in [1.807, 2.05) is 18.2 Å². The van der Waals surface area contributed by atoms with E-state index in [1.165, 1.54) is 6.20 Å². The highest BCUT2D eigenvalue weighted by Crippen LogP contribution is 2.17. The molecule has 0 aliphatic carbocycles. The third-order valence-corrected chi connectivity index (χ3v) is 4.41. The van der Waals surface area contributed by atoms with Crippen LogP contribution in [0.4, 0.5) is 0 Å². The molecule has 8 nitrogen and oxygen atoms in total. The maximum absolute atomic E-state index is 8.61. The molecule has 0 fully saturated rings. The Balaban J connectivity index is 1.64. The first-order valence-electron chi connectivity index (χ1n) is 9.11. The van der Waals surface area contributed by atoms with Gasteiger partial charge in [0, 0.05) is 36.0 Å². The molecule has 8 heteroatoms. The first-order chi connectivity index (χ1) is 14.3. The number of hydrogen-bond acceptors (Lipinski definition) is 7. The summed E-state index contributed by atoms with van der Waals surface area (Å²) >= 11 is 0. The Morgan fingerprint density at radius 3 is 2.97 bits per heavy atom. The zero-order chi connectivity index (χ0) is 20.1. The van der Waals surface area contributed by atoms with Crippen LogP contribution >= 0.6 is 0 Å². The van der Waals surface area contributed by atoms with Crippen molar-refractivity contribution in [3.8, 4) is 6.07 Å². The Morgan fingerprint density at radius 2 is 2.10 bits per heavy atom. The average molecular weight is 382 g/mol. The van der Waals surface area contributed by atoms with Gasteiger partial charge in [-0.15, -0.1) is 0 Å². The number of pyridine rings is 1. The predicted molar refractivity (Wildman–Crippen MR) is 111 cm³/mol. The smallest absolute Gasteiger partial charge is 0.250 e. The van der Waals surface area contributed by atoms with Gasteiger partial charge in [-0.1, -0.05) is 12.1 Å². The maximum Gasteiger partial charge on any atom is 0.250 e. The second-order valence-corrected chi connectivity index (χ2v) is 6.38. The number of nitriles is 1. The van der Waals surface area contributed by atoms with Gasteiger partial charge >= 0.3 is 0 Å². The molecule has 0 aliphatic heterocycles. The van der Waals surface area contributed by atoms with Crippen molar-refractivity contribution in [2.75, 3.05) is 6.54 Å². The topological polar surface area (TPSA) is 118 Å². The molecule has 142 valence electrons. The molecule has 0 saturated carbocycles. The van der Waals surface area contributed by atoms with Gasteiger partial charge in [-0.2, -0.15) is 10.4 Å². The molecule has 0 radical (unpaired) electrons. The van der Waals surface area contributed by atoms with E-state index >= 15 is 0 Å². The highest BCUT2D eigenvalue weighted by molar-refractivity contribution is 6.08. The van der Waals surface area contributed by atoms with Crippen molar-refractivity contribution in [1.29, 1.82) is 5.26 Å². The summed E-state index contributed by atoms with van der Waals surface area (Å²) in [7, 11) is 0. The third-order valence-electron chi connectivity index (χ3n) is 4.41. The van der Waals surface area contributed by atoms with Gasteiger partial charge in [0.15, 0.2) is 0 Å². The first-order valence-corrected chi connectivity index (χ1v) is 9.11. The van der Waals surface area contributed by atoms with E-state index in [0.717, 1.165) is 22.2 Å². The van der Waals surface area contributed by atoms with Gasteiger partial charge in [0.1, 0.15) is 5.69 Å². The minimum atomic E-state index is 0.353. The molecule has 0 unspecified atom stereocenters. The largest absolute Gasteiger partial charge is 0.404 e. The molecule has 3 aromatic heterocycles. The Labute approximate surface area is 167 Å². The van der Waals surface area contributed by atoms with E-state index in [1.54, 1.807) is 29.3 Å². The van der Waals surface area contributed by atoms with Crippen LogP contribution in [-0.2, 0) is 6.42 Å². The van der Waals surface area contributed by atoms with Crippen molar-refractivity contribution < 1.29 is 0 Å². The molecule has 2 N–H and O–H groups in total. The van der Waals surface area contributed by atoms with E-state index in [0.29, 0.717) is 36.4 Å². The van der Waals surface area contributed by atoms with Crippen LogP contribution in [0, 0.1) is 11.3 Å². The summed E-state index contributed by atoms with van der Waals surface area (Å²) in [5, 5.41) is 14.3. The zero-order valence-corrected chi connectivity index (χ0v) is 15.6. The van der Waals surface area contributed by atoms with E-state index < -0.39 is 0 Å². The van der Waals surface area contributed by atoms with Crippen LogP contribution in [0.1, 0.15) is 23.4 Å². The van der Waals surface area contributed by atoms with Crippen LogP contribution in [0.25, 0.3) is 22.3 Å². The fraction of sp³-hybridized carbons (Fsp3) is 0.143. The van der Waals surface area contributed by atoms with Gasteiger partial charge in [-0.25, -0.2) is 14.5 Å². The first kappa shape index (κ1) is 18.3. The Hall–Kier alpha value is -4.12. The number of imidazole rings is 1. The van der Waals surface area contributed by atoms with Crippen molar-refractivity contribution in [2.45, 2.75) is 12.8 Å². The second kappa shape index (κ2) is 8.27. The van der Waals surface area contributed by atoms with Crippen molar-refractivity contribution in [2.24, 2.45) is 10.7 Å². The number of rotatable bonds is 6. The minimum Gasteiger partial charge on any atom is -0.404 e. The highest BCUT2D eigenvalue weighted by atomic mass is 15.3. The summed E-state index contributed by atoms with van der Waals surface area (Å²) < 4.78 is 1.72. The zero-order valence-electron chi connectivity index (χ0n) is 15.6. The summed E-state index contributed by atoms with van der Waals surface area (Å²) in [6.07, 6.45) is 9.23. The van der Waals surface area contributed by atoms with Crippen molar-refractivity contribution in [1.82, 2.24) is 24.6 Å². The molecular weight excluding hydrogens is 364 g/mol. The molecule has 1 aromatic carbocycles. The van der Waals surface area contributed by atoms with Gasteiger partial charge in [-0.05, 0) is 23.8 Å². The summed E-state index contributed by atoms with van der Waals surface area (Å²) in [4.78, 5) is 17.3. The summed E-state index contributed by atoms with van der Waals surface area (Å²) in [5.74, 6) is 0.518. The molecule has 0 aliphatic rings. The van der Waals surface area contributed by atoms with Crippen molar-refractivity contribution in [3.05, 3.63) is 72.1 Å². The van der Waals surface area contributed by atoms with E-state index in [2.05, 4.69) is 43.2 Å². The molecule has 3 heterocycles. The molecule has 4 rings (SSSR count). The number of nitrogens with zero attached hydrogens (tertiary/aromatic N) is 7. The fourth-order valence-corrected chi connectivity index (χ4v) is 2.99. The van der Waals surface area contributed by atoms with Gasteiger partial charge in [0.2, 0.25) is 0 Å². The Kier molecular flexibility index (Phi) is 5.21. The lowest BCUT2D eigenvalue weighted by Gasteiger charge is -2.05. The number of nitrogens with two attached hydrogens (primary N) is 1. The molecule has 29 heavy (non-hydrogen) atoms. The summed E-state index contributed by atoms with van der Waals surface area (Å²) in [6, 6.07) is 12.2. The van der Waals surface area contributed by atoms with Gasteiger partial charge in [0.05, 0.1) is 42.6 Å². The lowest BCUT2D eigenvalue weighted by atomic mass is 10.1. The van der Waals surface area contributed by atoms with Crippen molar-refractivity contribution >= 4 is 28.5 Å². The van der Waals surface area contributed by atoms with Gasteiger partial charge < -0.3 is 5.73 Å². The van der Waals surface area contributed by atoms with E-state index in [9.17, 15) is 0 Å². The lowest BCUT2D eigenvalue weighted by molar-refractivity contribution is 0.840. The summed E-state index contributed by atoms with van der Waals surface area (Å²) in [6.45, 7) is 0.413. The third kappa shape index (κ3) is 3.94. The number of allylic oxidation sites excluding steroid dienone is 1. The summed E-state index contributed by atoms with van der Waals surface area (Å²) in [5.41, 5.74) is 9.96. The number of fused-ring (bicyclic) bond motifs is 2. The SMILES string of the molecule is N#CCCN=CC(=CN)c1cnc2ncc(Cc3ccc4ncccc4c3)n2n1. The van der Waals surface area contributed by atoms with E-state index in [4.69, 9.17) is 11.0 Å². The number of aliphatic imine (C=N–C) groups is 1. The van der Waals surface area contributed by atoms with Crippen LogP contribution in [-0.4, -0.2) is 37.3 Å². The monoisotopic (exact) mass is 382 g/mol. The highest BCUT2D eigenvalue weighted by Gasteiger charge is 2.10. The molecule has 0 spiro atoms. The van der Waals surface area contributed by atoms with Crippen LogP contribution in [0.5, 0.6) is 0 Å². The fourth-order valence-electron chi connectivity index (χ4n) is 2.99. The Bertz CT molecular complexity index is 1260. The normalized spacial score (nSPS) is 12.0. The second-order valence-electron chi connectivity index (χ2n) is 6.38. The van der Waals surface area contributed by atoms with Crippen LogP contribution < -0.4 is 5.73 Å². The molecular formula is C21H18N8. The standard InChI is InChI=1S/C21H18N8/c22-6-2-7-24-12-17(11-23)20-14-27-21-26-13-18(29(21)28-20)10-15-4-5-19-16(9-15)3-1-8-25-19/h1,3-5,8-9,11-14H,2,7,10,23H2. The minimum absolute atomic E-state index is 0.353. The molecule has 0 saturated heterocycles. The van der Waals surface area contributed by atoms with Gasteiger partial charge in [0.25, 0.3) is 5.78 Å². The molecule has 4 aromatic rings. The van der Waals surface area contributed by atoms with Crippen LogP contribution in [0.15, 0.2) is 60.1 Å². The Morgan fingerprint density at radius 1 is 1.21 bits per heavy atom. The molecule has 0 bridgehead atoms. The van der Waals surface area contributed by atoms with E-state index in [-0.39, 0.29) is 0 Å². The van der Waals surface area contributed by atoms with Crippen LogP contribution in [0.2, 0.25) is 0 Å². The average Bonchev–Trinajstić information content (AvgIpc) is 3.16. The lowest BCUT2D eigenvalue weighted by Crippen LogP contribution is -2.05. The number of benzene rings is 1. The predicted octanol–water partition coefficient (Wildman–Crippen LogP) is 2.55. The molecule has 0 atom stereocenters.